The average Bonchev–Trinajstić information content (AvgIpc) is 1.35. The molecule has 0 aliphatic rings. The fraction of sp³-hybridized carbons (Fsp3) is 0.750. The van der Waals surface area contributed by atoms with Crippen LogP contribution < -0.4 is 118 Å². The first kappa shape index (κ1) is 29.2. The van der Waals surface area contributed by atoms with E-state index in [1.54, 1.807) is 0 Å². The Labute approximate surface area is 156 Å². The zero-order valence-corrected chi connectivity index (χ0v) is 15.8. The van der Waals surface area contributed by atoms with Crippen molar-refractivity contribution in [2.24, 2.45) is 0 Å². The molecule has 0 atom stereocenters. The molecule has 0 rings (SSSR count). The predicted molar refractivity (Wildman–Crippen MR) is 27.0 cm³/mol. The molecule has 0 radical (unpaired) electrons. The van der Waals surface area contributed by atoms with Crippen molar-refractivity contribution >= 4 is 5.97 Å². The Morgan fingerprint density at radius 3 is 1.60 bits per heavy atom. The van der Waals surface area contributed by atoms with Crippen molar-refractivity contribution in [3.05, 3.63) is 0 Å². The first-order valence-electron chi connectivity index (χ1n) is 1.99. The SMILES string of the molecule is CCCC(=O)O.[H-].[H-].[H-].[H-].[Na+].[Na+].[Na+].[Na+]. The molecule has 0 aliphatic carbocycles. The molecule has 0 aliphatic heterocycles. The van der Waals surface area contributed by atoms with Crippen molar-refractivity contribution in [2.45, 2.75) is 19.8 Å². The quantitative estimate of drug-likeness (QED) is 0.433. The second kappa shape index (κ2) is 22.9. The number of carboxylic acid groups (broad SMARTS) is 1. The van der Waals surface area contributed by atoms with Crippen LogP contribution in [0.15, 0.2) is 0 Å². The van der Waals surface area contributed by atoms with E-state index in [4.69, 9.17) is 5.11 Å². The summed E-state index contributed by atoms with van der Waals surface area (Å²) in [7, 11) is 0. The van der Waals surface area contributed by atoms with E-state index in [-0.39, 0.29) is 124 Å². The van der Waals surface area contributed by atoms with Crippen molar-refractivity contribution < 1.29 is 134 Å². The van der Waals surface area contributed by atoms with Gasteiger partial charge in [-0.15, -0.1) is 0 Å². The molecule has 0 aromatic rings. The number of hydrogen-bond acceptors (Lipinski definition) is 1. The Balaban J connectivity index is -0.00000000446. The average molecular weight is 184 g/mol. The van der Waals surface area contributed by atoms with Crippen LogP contribution in [0.5, 0.6) is 0 Å². The first-order chi connectivity index (χ1) is 2.77. The van der Waals surface area contributed by atoms with E-state index in [0.29, 0.717) is 6.42 Å². The molecule has 0 aromatic heterocycles. The summed E-state index contributed by atoms with van der Waals surface area (Å²) in [6.45, 7) is 1.84. The summed E-state index contributed by atoms with van der Waals surface area (Å²) in [6.07, 6.45) is 1.02. The minimum atomic E-state index is -0.711. The number of carbonyl (C=O) groups is 1. The van der Waals surface area contributed by atoms with E-state index >= 15 is 0 Å². The van der Waals surface area contributed by atoms with Gasteiger partial charge in [0.05, 0.1) is 0 Å². The zero-order chi connectivity index (χ0) is 4.99. The van der Waals surface area contributed by atoms with Gasteiger partial charge in [-0.25, -0.2) is 0 Å². The van der Waals surface area contributed by atoms with Crippen molar-refractivity contribution in [2.75, 3.05) is 0 Å². The van der Waals surface area contributed by atoms with E-state index in [1.165, 1.54) is 0 Å². The fourth-order valence-electron chi connectivity index (χ4n) is 0.214. The topological polar surface area (TPSA) is 37.3 Å². The molecule has 6 heteroatoms. The second-order valence-electron chi connectivity index (χ2n) is 1.14. The molecule has 0 saturated heterocycles. The van der Waals surface area contributed by atoms with Gasteiger partial charge in [-0.3, -0.25) is 4.79 Å². The number of carboxylic acids is 1. The fourth-order valence-corrected chi connectivity index (χ4v) is 0.214. The molecule has 0 aromatic carbocycles. The van der Waals surface area contributed by atoms with Gasteiger partial charge in [-0.1, -0.05) is 6.92 Å². The van der Waals surface area contributed by atoms with Crippen LogP contribution in [0, 0.1) is 0 Å². The van der Waals surface area contributed by atoms with Crippen molar-refractivity contribution in [3.8, 4) is 0 Å². The molecule has 10 heavy (non-hydrogen) atoms. The largest absolute Gasteiger partial charge is 1.00 e. The molecule has 0 unspecified atom stereocenters. The predicted octanol–water partition coefficient (Wildman–Crippen LogP) is -10.7. The van der Waals surface area contributed by atoms with E-state index in [9.17, 15) is 4.79 Å². The van der Waals surface area contributed by atoms with Crippen molar-refractivity contribution in [3.63, 3.8) is 0 Å². The third-order valence-electron chi connectivity index (χ3n) is 0.464. The zero-order valence-electron chi connectivity index (χ0n) is 11.8. The molecule has 1 N–H and O–H groups in total. The molecular formula is C4H12Na4O2. The van der Waals surface area contributed by atoms with Gasteiger partial charge in [0, 0.05) is 6.42 Å². The number of hydrogen-bond donors (Lipinski definition) is 1. The van der Waals surface area contributed by atoms with Gasteiger partial charge in [-0.2, -0.15) is 0 Å². The van der Waals surface area contributed by atoms with Gasteiger partial charge in [-0.05, 0) is 6.42 Å². The van der Waals surface area contributed by atoms with E-state index in [1.807, 2.05) is 6.92 Å². The van der Waals surface area contributed by atoms with Gasteiger partial charge in [0.1, 0.15) is 0 Å². The maximum Gasteiger partial charge on any atom is 1.00 e. The third-order valence-corrected chi connectivity index (χ3v) is 0.464. The van der Waals surface area contributed by atoms with Gasteiger partial charge < -0.3 is 10.8 Å². The van der Waals surface area contributed by atoms with E-state index in [2.05, 4.69) is 0 Å². The monoisotopic (exact) mass is 184 g/mol. The second-order valence-corrected chi connectivity index (χ2v) is 1.14. The van der Waals surface area contributed by atoms with E-state index in [0.717, 1.165) is 6.42 Å². The third kappa shape index (κ3) is 30.0. The van der Waals surface area contributed by atoms with Crippen LogP contribution in [0.25, 0.3) is 0 Å². The molecular weight excluding hydrogens is 172 g/mol. The Morgan fingerprint density at radius 1 is 1.30 bits per heavy atom. The molecule has 44 valence electrons. The Morgan fingerprint density at radius 2 is 1.60 bits per heavy atom. The van der Waals surface area contributed by atoms with Gasteiger partial charge in [0.25, 0.3) is 0 Å². The summed E-state index contributed by atoms with van der Waals surface area (Å²) in [5.41, 5.74) is 0. The molecule has 0 heterocycles. The summed E-state index contributed by atoms with van der Waals surface area (Å²) < 4.78 is 0. The van der Waals surface area contributed by atoms with Crippen molar-refractivity contribution in [1.29, 1.82) is 0 Å². The number of aliphatic carboxylic acids is 1. The van der Waals surface area contributed by atoms with Crippen LogP contribution in [0.3, 0.4) is 0 Å². The minimum Gasteiger partial charge on any atom is -1.00 e. The molecule has 0 amide bonds. The Hall–Kier alpha value is 3.47. The summed E-state index contributed by atoms with van der Waals surface area (Å²) >= 11 is 0. The van der Waals surface area contributed by atoms with Gasteiger partial charge >= 0.3 is 124 Å². The number of rotatable bonds is 2. The Kier molecular flexibility index (Phi) is 66.8. The first-order valence-corrected chi connectivity index (χ1v) is 1.99. The maximum absolute atomic E-state index is 9.60. The van der Waals surface area contributed by atoms with E-state index < -0.39 is 5.97 Å². The summed E-state index contributed by atoms with van der Waals surface area (Å²) in [6, 6.07) is 0. The maximum atomic E-state index is 9.60. The molecule has 2 nitrogen and oxygen atoms in total. The van der Waals surface area contributed by atoms with Gasteiger partial charge in [0.15, 0.2) is 0 Å². The molecule has 0 fully saturated rings. The van der Waals surface area contributed by atoms with Crippen LogP contribution >= 0.6 is 0 Å². The van der Waals surface area contributed by atoms with Crippen LogP contribution in [-0.2, 0) is 4.79 Å². The smallest absolute Gasteiger partial charge is 1.00 e. The Bertz CT molecular complexity index is 71.3. The summed E-state index contributed by atoms with van der Waals surface area (Å²) in [5.74, 6) is -0.711. The summed E-state index contributed by atoms with van der Waals surface area (Å²) in [4.78, 5) is 9.60. The van der Waals surface area contributed by atoms with Crippen LogP contribution in [0.4, 0.5) is 0 Å². The minimum absolute atomic E-state index is 0. The van der Waals surface area contributed by atoms with Crippen LogP contribution in [0.1, 0.15) is 25.5 Å². The van der Waals surface area contributed by atoms with Gasteiger partial charge in [0.2, 0.25) is 0 Å². The molecule has 0 spiro atoms. The van der Waals surface area contributed by atoms with Crippen molar-refractivity contribution in [1.82, 2.24) is 0 Å². The molecule has 0 saturated carbocycles. The molecule has 0 bridgehead atoms. The van der Waals surface area contributed by atoms with Crippen LogP contribution in [-0.4, -0.2) is 11.1 Å². The summed E-state index contributed by atoms with van der Waals surface area (Å²) in [5, 5.41) is 7.91. The normalized spacial score (nSPS) is 4.90. The van der Waals surface area contributed by atoms with Crippen LogP contribution in [0.2, 0.25) is 0 Å². The standard InChI is InChI=1S/C4H8O2.4Na.4H/c1-2-3-4(5)6;;;;;;;;/h2-3H2,1H3,(H,5,6);;;;;;;;/q;4*+1;4*-1.